The van der Waals surface area contributed by atoms with Crippen LogP contribution in [0.1, 0.15) is 11.1 Å². The van der Waals surface area contributed by atoms with Gasteiger partial charge in [-0.2, -0.15) is 0 Å². The fourth-order valence-corrected chi connectivity index (χ4v) is 2.92. The van der Waals surface area contributed by atoms with Gasteiger partial charge >= 0.3 is 6.03 Å². The van der Waals surface area contributed by atoms with E-state index >= 15 is 0 Å². The van der Waals surface area contributed by atoms with E-state index in [0.29, 0.717) is 17.1 Å². The molecule has 0 saturated heterocycles. The predicted molar refractivity (Wildman–Crippen MR) is 100 cm³/mol. The molecule has 1 heterocycles. The second kappa shape index (κ2) is 7.26. The summed E-state index contributed by atoms with van der Waals surface area (Å²) in [6.07, 6.45) is 0. The van der Waals surface area contributed by atoms with E-state index in [2.05, 4.69) is 16.0 Å². The first kappa shape index (κ1) is 17.5. The van der Waals surface area contributed by atoms with E-state index in [1.165, 1.54) is 4.90 Å². The normalized spacial score (nSPS) is 12.8. The van der Waals surface area contributed by atoms with Gasteiger partial charge in [-0.05, 0) is 49.2 Å². The Morgan fingerprint density at radius 3 is 2.54 bits per heavy atom. The van der Waals surface area contributed by atoms with Crippen molar-refractivity contribution >= 4 is 34.9 Å². The molecule has 4 amide bonds. The number of urea groups is 1. The Balaban J connectivity index is 1.62. The van der Waals surface area contributed by atoms with Crippen LogP contribution >= 0.6 is 0 Å². The van der Waals surface area contributed by atoms with Crippen LogP contribution in [0.25, 0.3) is 0 Å². The number of rotatable bonds is 3. The van der Waals surface area contributed by atoms with Gasteiger partial charge in [-0.15, -0.1) is 0 Å². The Labute approximate surface area is 151 Å². The number of anilines is 3. The number of para-hydroxylation sites is 2. The average Bonchev–Trinajstić information content (AvgIpc) is 2.58. The van der Waals surface area contributed by atoms with Gasteiger partial charge in [0.1, 0.15) is 6.54 Å². The van der Waals surface area contributed by atoms with E-state index in [9.17, 15) is 14.4 Å². The Bertz CT molecular complexity index is 859. The Hall–Kier alpha value is -3.35. The van der Waals surface area contributed by atoms with Crippen LogP contribution in [0.4, 0.5) is 21.9 Å². The van der Waals surface area contributed by atoms with Gasteiger partial charge in [0.2, 0.25) is 11.8 Å². The molecule has 3 N–H and O–H groups in total. The molecule has 0 saturated carbocycles. The van der Waals surface area contributed by atoms with Crippen LogP contribution in [-0.2, 0) is 9.59 Å². The van der Waals surface area contributed by atoms with Crippen LogP contribution in [-0.4, -0.2) is 30.9 Å². The fraction of sp³-hybridized carbons (Fsp3) is 0.211. The van der Waals surface area contributed by atoms with E-state index in [1.54, 1.807) is 24.3 Å². The van der Waals surface area contributed by atoms with Crippen LogP contribution < -0.4 is 20.9 Å². The van der Waals surface area contributed by atoms with E-state index < -0.39 is 6.03 Å². The molecule has 0 fully saturated rings. The molecule has 2 aromatic carbocycles. The Kier molecular flexibility index (Phi) is 4.88. The maximum Gasteiger partial charge on any atom is 0.322 e. The minimum Gasteiger partial charge on any atom is -0.329 e. The first-order valence-electron chi connectivity index (χ1n) is 8.25. The molecule has 7 heteroatoms. The average molecular weight is 352 g/mol. The molecule has 0 atom stereocenters. The standard InChI is InChI=1S/C19H20N4O3/c1-12-7-13(2)9-14(8-12)21-17(24)10-20-19(26)23-11-18(25)22-15-5-3-4-6-16(15)23/h3-9H,10-11H2,1-2H3,(H,20,26)(H,21,24)(H,22,25). The van der Waals surface area contributed by atoms with Crippen LogP contribution in [0, 0.1) is 13.8 Å². The zero-order valence-electron chi connectivity index (χ0n) is 14.6. The van der Waals surface area contributed by atoms with Gasteiger partial charge in [-0.1, -0.05) is 18.2 Å². The summed E-state index contributed by atoms with van der Waals surface area (Å²) in [6, 6.07) is 12.2. The largest absolute Gasteiger partial charge is 0.329 e. The first-order valence-corrected chi connectivity index (χ1v) is 8.25. The summed E-state index contributed by atoms with van der Waals surface area (Å²) >= 11 is 0. The topological polar surface area (TPSA) is 90.5 Å². The summed E-state index contributed by atoms with van der Waals surface area (Å²) in [5.74, 6) is -0.614. The molecule has 0 bridgehead atoms. The Morgan fingerprint density at radius 2 is 1.81 bits per heavy atom. The van der Waals surface area contributed by atoms with Crippen molar-refractivity contribution in [3.63, 3.8) is 0 Å². The predicted octanol–water partition coefficient (Wildman–Crippen LogP) is 2.41. The van der Waals surface area contributed by atoms with Gasteiger partial charge in [0, 0.05) is 5.69 Å². The highest BCUT2D eigenvalue weighted by Crippen LogP contribution is 2.28. The number of amides is 4. The number of nitrogens with zero attached hydrogens (tertiary/aromatic N) is 1. The van der Waals surface area contributed by atoms with E-state index in [4.69, 9.17) is 0 Å². The third-order valence-corrected chi connectivity index (χ3v) is 3.92. The van der Waals surface area contributed by atoms with E-state index in [0.717, 1.165) is 11.1 Å². The number of fused-ring (bicyclic) bond motifs is 1. The number of carbonyl (C=O) groups excluding carboxylic acids is 3. The smallest absolute Gasteiger partial charge is 0.322 e. The van der Waals surface area contributed by atoms with Crippen molar-refractivity contribution in [1.29, 1.82) is 0 Å². The summed E-state index contributed by atoms with van der Waals surface area (Å²) in [6.45, 7) is 3.61. The Morgan fingerprint density at radius 1 is 1.12 bits per heavy atom. The monoisotopic (exact) mass is 352 g/mol. The SMILES string of the molecule is Cc1cc(C)cc(NC(=O)CNC(=O)N2CC(=O)Nc3ccccc32)c1. The summed E-state index contributed by atoms with van der Waals surface area (Å²) in [5.41, 5.74) is 3.93. The maximum absolute atomic E-state index is 12.4. The molecule has 0 aliphatic carbocycles. The van der Waals surface area contributed by atoms with Crippen LogP contribution in [0.3, 0.4) is 0 Å². The number of benzene rings is 2. The number of aryl methyl sites for hydroxylation is 2. The summed E-state index contributed by atoms with van der Waals surface area (Å²) in [7, 11) is 0. The van der Waals surface area contributed by atoms with Crippen molar-refractivity contribution < 1.29 is 14.4 Å². The lowest BCUT2D eigenvalue weighted by Gasteiger charge is -2.29. The van der Waals surface area contributed by atoms with Gasteiger partial charge < -0.3 is 16.0 Å². The minimum absolute atomic E-state index is 0.0957. The molecule has 7 nitrogen and oxygen atoms in total. The molecule has 26 heavy (non-hydrogen) atoms. The number of hydrogen-bond acceptors (Lipinski definition) is 3. The molecule has 0 radical (unpaired) electrons. The molecule has 0 aromatic heterocycles. The van der Waals surface area contributed by atoms with Gasteiger partial charge in [0.15, 0.2) is 0 Å². The fourth-order valence-electron chi connectivity index (χ4n) is 2.92. The van der Waals surface area contributed by atoms with Gasteiger partial charge in [-0.3, -0.25) is 14.5 Å². The van der Waals surface area contributed by atoms with Crippen molar-refractivity contribution in [2.24, 2.45) is 0 Å². The van der Waals surface area contributed by atoms with Crippen LogP contribution in [0.2, 0.25) is 0 Å². The molecule has 0 spiro atoms. The molecule has 3 rings (SSSR count). The van der Waals surface area contributed by atoms with E-state index in [-0.39, 0.29) is 24.9 Å². The maximum atomic E-state index is 12.4. The third kappa shape index (κ3) is 4.00. The molecule has 1 aliphatic heterocycles. The quantitative estimate of drug-likeness (QED) is 0.792. The lowest BCUT2D eigenvalue weighted by molar-refractivity contribution is -0.115. The molecular formula is C19H20N4O3. The zero-order valence-corrected chi connectivity index (χ0v) is 14.6. The molecule has 0 unspecified atom stereocenters. The van der Waals surface area contributed by atoms with Crippen molar-refractivity contribution in [2.45, 2.75) is 13.8 Å². The summed E-state index contributed by atoms with van der Waals surface area (Å²) in [5, 5.41) is 8.03. The minimum atomic E-state index is -0.497. The number of nitrogens with one attached hydrogen (secondary N) is 3. The van der Waals surface area contributed by atoms with Crippen LogP contribution in [0.5, 0.6) is 0 Å². The van der Waals surface area contributed by atoms with E-state index in [1.807, 2.05) is 32.0 Å². The highest BCUT2D eigenvalue weighted by molar-refractivity contribution is 6.10. The van der Waals surface area contributed by atoms with Gasteiger partial charge in [0.25, 0.3) is 0 Å². The number of hydrogen-bond donors (Lipinski definition) is 3. The van der Waals surface area contributed by atoms with Gasteiger partial charge in [0.05, 0.1) is 17.9 Å². The van der Waals surface area contributed by atoms with Crippen LogP contribution in [0.15, 0.2) is 42.5 Å². The molecule has 134 valence electrons. The lowest BCUT2D eigenvalue weighted by Crippen LogP contribution is -2.48. The molecule has 2 aromatic rings. The highest BCUT2D eigenvalue weighted by Gasteiger charge is 2.26. The van der Waals surface area contributed by atoms with Crippen molar-refractivity contribution in [2.75, 3.05) is 28.6 Å². The second-order valence-electron chi connectivity index (χ2n) is 6.23. The molecular weight excluding hydrogens is 332 g/mol. The number of carbonyl (C=O) groups is 3. The first-order chi connectivity index (χ1) is 12.4. The molecule has 1 aliphatic rings. The zero-order chi connectivity index (χ0) is 18.7. The summed E-state index contributed by atoms with van der Waals surface area (Å²) in [4.78, 5) is 37.6. The lowest BCUT2D eigenvalue weighted by atomic mass is 10.1. The van der Waals surface area contributed by atoms with Gasteiger partial charge in [-0.25, -0.2) is 4.79 Å². The summed E-state index contributed by atoms with van der Waals surface area (Å²) < 4.78 is 0. The second-order valence-corrected chi connectivity index (χ2v) is 6.23. The van der Waals surface area contributed by atoms with Crippen molar-refractivity contribution in [3.05, 3.63) is 53.6 Å². The highest BCUT2D eigenvalue weighted by atomic mass is 16.2. The van der Waals surface area contributed by atoms with Crippen molar-refractivity contribution in [3.8, 4) is 0 Å². The third-order valence-electron chi connectivity index (χ3n) is 3.92. The van der Waals surface area contributed by atoms with Crippen molar-refractivity contribution in [1.82, 2.24) is 5.32 Å².